The molecular formula is C17H12F3N5. The van der Waals surface area contributed by atoms with Gasteiger partial charge in [-0.15, -0.1) is 5.10 Å². The standard InChI is InChI=1S/C17H12F3N5/c18-17(19,20)14-7-12(9-22-10-14)5-4-11-2-1-3-13(6-11)16-15(8-21)23-25-24-16/h1-3,6-7,9-10H,4-5H2,(H,23,24,25). The van der Waals surface area contributed by atoms with Crippen molar-refractivity contribution in [3.05, 3.63) is 65.1 Å². The number of nitriles is 1. The van der Waals surface area contributed by atoms with Gasteiger partial charge in [0.05, 0.1) is 5.56 Å². The lowest BCUT2D eigenvalue weighted by atomic mass is 10.0. The third-order valence-electron chi connectivity index (χ3n) is 3.68. The Bertz CT molecular complexity index is 924. The van der Waals surface area contributed by atoms with Crippen LogP contribution in [0.4, 0.5) is 13.2 Å². The molecule has 0 unspecified atom stereocenters. The first-order valence-corrected chi connectivity index (χ1v) is 7.38. The first kappa shape index (κ1) is 16.6. The summed E-state index contributed by atoms with van der Waals surface area (Å²) < 4.78 is 38.2. The molecule has 1 N–H and O–H groups in total. The fourth-order valence-corrected chi connectivity index (χ4v) is 2.45. The first-order chi connectivity index (χ1) is 12.0. The number of nitrogens with zero attached hydrogens (tertiary/aromatic N) is 4. The highest BCUT2D eigenvalue weighted by Crippen LogP contribution is 2.29. The summed E-state index contributed by atoms with van der Waals surface area (Å²) in [6.45, 7) is 0. The van der Waals surface area contributed by atoms with Crippen molar-refractivity contribution < 1.29 is 13.2 Å². The van der Waals surface area contributed by atoms with Gasteiger partial charge in [0, 0.05) is 18.0 Å². The molecule has 25 heavy (non-hydrogen) atoms. The van der Waals surface area contributed by atoms with Gasteiger partial charge in [-0.05, 0) is 36.1 Å². The van der Waals surface area contributed by atoms with E-state index >= 15 is 0 Å². The number of hydrogen-bond acceptors (Lipinski definition) is 4. The van der Waals surface area contributed by atoms with E-state index < -0.39 is 11.7 Å². The number of H-pyrrole nitrogens is 1. The van der Waals surface area contributed by atoms with Crippen LogP contribution in [0.25, 0.3) is 11.3 Å². The zero-order valence-electron chi connectivity index (χ0n) is 12.9. The highest BCUT2D eigenvalue weighted by atomic mass is 19.4. The van der Waals surface area contributed by atoms with Gasteiger partial charge in [-0.1, -0.05) is 18.2 Å². The minimum atomic E-state index is -4.40. The van der Waals surface area contributed by atoms with Crippen molar-refractivity contribution in [2.45, 2.75) is 19.0 Å². The summed E-state index contributed by atoms with van der Waals surface area (Å²) >= 11 is 0. The lowest BCUT2D eigenvalue weighted by Gasteiger charge is -2.08. The number of halogens is 3. The Morgan fingerprint density at radius 3 is 2.60 bits per heavy atom. The van der Waals surface area contributed by atoms with E-state index in [9.17, 15) is 13.2 Å². The molecule has 2 aromatic heterocycles. The molecule has 0 amide bonds. The monoisotopic (exact) mass is 343 g/mol. The molecule has 0 fully saturated rings. The number of benzene rings is 1. The van der Waals surface area contributed by atoms with Crippen LogP contribution >= 0.6 is 0 Å². The average Bonchev–Trinajstić information content (AvgIpc) is 3.08. The molecule has 0 aliphatic heterocycles. The Hall–Kier alpha value is -3.21. The van der Waals surface area contributed by atoms with Crippen molar-refractivity contribution in [1.82, 2.24) is 20.4 Å². The van der Waals surface area contributed by atoms with Gasteiger partial charge >= 0.3 is 6.18 Å². The fourth-order valence-electron chi connectivity index (χ4n) is 2.45. The molecule has 0 saturated carbocycles. The molecule has 8 heteroatoms. The van der Waals surface area contributed by atoms with Gasteiger partial charge in [0.25, 0.3) is 0 Å². The molecule has 2 heterocycles. The molecule has 0 atom stereocenters. The number of hydrogen-bond donors (Lipinski definition) is 1. The van der Waals surface area contributed by atoms with E-state index in [2.05, 4.69) is 20.4 Å². The number of aromatic amines is 1. The molecule has 0 spiro atoms. The van der Waals surface area contributed by atoms with Crippen LogP contribution < -0.4 is 0 Å². The highest BCUT2D eigenvalue weighted by Gasteiger charge is 2.30. The summed E-state index contributed by atoms with van der Waals surface area (Å²) in [5.74, 6) is 0. The Kier molecular flexibility index (Phi) is 4.48. The molecule has 0 saturated heterocycles. The summed E-state index contributed by atoms with van der Waals surface area (Å²) in [6, 6.07) is 10.4. The van der Waals surface area contributed by atoms with E-state index in [1.54, 1.807) is 6.07 Å². The Balaban J connectivity index is 1.77. The number of pyridine rings is 1. The van der Waals surface area contributed by atoms with Crippen LogP contribution in [0.1, 0.15) is 22.4 Å². The summed E-state index contributed by atoms with van der Waals surface area (Å²) in [5.41, 5.74) is 2.05. The van der Waals surface area contributed by atoms with Crippen LogP contribution in [0.3, 0.4) is 0 Å². The second-order valence-corrected chi connectivity index (χ2v) is 5.41. The number of nitrogens with one attached hydrogen (secondary N) is 1. The van der Waals surface area contributed by atoms with Crippen molar-refractivity contribution >= 4 is 0 Å². The van der Waals surface area contributed by atoms with Crippen molar-refractivity contribution in [2.75, 3.05) is 0 Å². The van der Waals surface area contributed by atoms with Gasteiger partial charge < -0.3 is 0 Å². The van der Waals surface area contributed by atoms with E-state index in [0.717, 1.165) is 23.4 Å². The average molecular weight is 343 g/mol. The van der Waals surface area contributed by atoms with E-state index in [4.69, 9.17) is 5.26 Å². The molecule has 0 aliphatic rings. The van der Waals surface area contributed by atoms with E-state index in [-0.39, 0.29) is 5.69 Å². The normalized spacial score (nSPS) is 11.3. The van der Waals surface area contributed by atoms with Crippen LogP contribution in [-0.4, -0.2) is 20.4 Å². The molecular weight excluding hydrogens is 331 g/mol. The highest BCUT2D eigenvalue weighted by molar-refractivity contribution is 5.64. The third kappa shape index (κ3) is 3.83. The summed E-state index contributed by atoms with van der Waals surface area (Å²) in [6.07, 6.45) is -1.19. The van der Waals surface area contributed by atoms with Gasteiger partial charge in [-0.2, -0.15) is 28.7 Å². The quantitative estimate of drug-likeness (QED) is 0.786. The van der Waals surface area contributed by atoms with Crippen LogP contribution in [0, 0.1) is 11.3 Å². The van der Waals surface area contributed by atoms with Gasteiger partial charge in [-0.3, -0.25) is 4.98 Å². The molecule has 1 aromatic carbocycles. The molecule has 0 bridgehead atoms. The largest absolute Gasteiger partial charge is 0.417 e. The van der Waals surface area contributed by atoms with Gasteiger partial charge in [-0.25, -0.2) is 0 Å². The number of alkyl halides is 3. The van der Waals surface area contributed by atoms with E-state index in [1.807, 2.05) is 24.3 Å². The summed E-state index contributed by atoms with van der Waals surface area (Å²) in [4.78, 5) is 3.67. The Morgan fingerprint density at radius 1 is 1.04 bits per heavy atom. The van der Waals surface area contributed by atoms with Crippen LogP contribution in [0.5, 0.6) is 0 Å². The molecule has 5 nitrogen and oxygen atoms in total. The summed E-state index contributed by atoms with van der Waals surface area (Å²) in [5, 5.41) is 19.1. The minimum Gasteiger partial charge on any atom is -0.264 e. The third-order valence-corrected chi connectivity index (χ3v) is 3.68. The second kappa shape index (κ2) is 6.73. The number of aryl methyl sites for hydroxylation is 2. The predicted octanol–water partition coefficient (Wildman–Crippen LogP) is 3.54. The first-order valence-electron chi connectivity index (χ1n) is 7.38. The molecule has 0 radical (unpaired) electrons. The zero-order valence-corrected chi connectivity index (χ0v) is 12.9. The van der Waals surface area contributed by atoms with Gasteiger partial charge in [0.2, 0.25) is 0 Å². The second-order valence-electron chi connectivity index (χ2n) is 5.41. The van der Waals surface area contributed by atoms with Gasteiger partial charge in [0.1, 0.15) is 11.8 Å². The van der Waals surface area contributed by atoms with Crippen molar-refractivity contribution in [3.8, 4) is 17.3 Å². The Morgan fingerprint density at radius 2 is 1.84 bits per heavy atom. The molecule has 0 aliphatic carbocycles. The van der Waals surface area contributed by atoms with Crippen molar-refractivity contribution in [1.29, 1.82) is 5.26 Å². The Labute approximate surface area is 141 Å². The lowest BCUT2D eigenvalue weighted by Crippen LogP contribution is -2.06. The topological polar surface area (TPSA) is 78.2 Å². The van der Waals surface area contributed by atoms with E-state index in [1.165, 1.54) is 6.20 Å². The molecule has 126 valence electrons. The number of aromatic nitrogens is 4. The van der Waals surface area contributed by atoms with Crippen LogP contribution in [-0.2, 0) is 19.0 Å². The van der Waals surface area contributed by atoms with Crippen molar-refractivity contribution in [3.63, 3.8) is 0 Å². The predicted molar refractivity (Wildman–Crippen MR) is 83.2 cm³/mol. The molecule has 3 rings (SSSR count). The zero-order chi connectivity index (χ0) is 17.9. The smallest absolute Gasteiger partial charge is 0.264 e. The van der Waals surface area contributed by atoms with Crippen LogP contribution in [0.2, 0.25) is 0 Å². The molecule has 3 aromatic rings. The SMILES string of the molecule is N#Cc1n[nH]nc1-c1cccc(CCc2cncc(C(F)(F)F)c2)c1. The van der Waals surface area contributed by atoms with Gasteiger partial charge in [0.15, 0.2) is 5.69 Å². The summed E-state index contributed by atoms with van der Waals surface area (Å²) in [7, 11) is 0. The van der Waals surface area contributed by atoms with Crippen molar-refractivity contribution in [2.24, 2.45) is 0 Å². The van der Waals surface area contributed by atoms with Crippen LogP contribution in [0.15, 0.2) is 42.7 Å². The lowest BCUT2D eigenvalue weighted by molar-refractivity contribution is -0.137. The maximum atomic E-state index is 12.7. The fraction of sp³-hybridized carbons (Fsp3) is 0.176. The maximum absolute atomic E-state index is 12.7. The minimum absolute atomic E-state index is 0.194. The maximum Gasteiger partial charge on any atom is 0.417 e. The number of rotatable bonds is 4. The van der Waals surface area contributed by atoms with E-state index in [0.29, 0.717) is 24.1 Å².